The number of nitrogens with zero attached hydrogens (tertiary/aromatic N) is 3. The summed E-state index contributed by atoms with van der Waals surface area (Å²) in [5.41, 5.74) is 0.752. The van der Waals surface area contributed by atoms with Crippen molar-refractivity contribution in [3.05, 3.63) is 54.3 Å². The minimum Gasteiger partial charge on any atom is -0.508 e. The molecule has 0 aliphatic carbocycles. The van der Waals surface area contributed by atoms with Gasteiger partial charge in [-0.15, -0.1) is 0 Å². The number of benzene rings is 1. The van der Waals surface area contributed by atoms with Crippen LogP contribution in [0.2, 0.25) is 0 Å². The Labute approximate surface area is 150 Å². The van der Waals surface area contributed by atoms with Crippen molar-refractivity contribution in [3.63, 3.8) is 0 Å². The Bertz CT molecular complexity index is 786. The highest BCUT2D eigenvalue weighted by Gasteiger charge is 2.43. The van der Waals surface area contributed by atoms with Crippen LogP contribution in [0.1, 0.15) is 12.0 Å². The van der Waals surface area contributed by atoms with E-state index in [0.29, 0.717) is 25.1 Å². The fourth-order valence-corrected chi connectivity index (χ4v) is 3.21. The van der Waals surface area contributed by atoms with Gasteiger partial charge in [0.05, 0.1) is 19.0 Å². The molecule has 0 bridgehead atoms. The molecular formula is C18H21N3O5. The third kappa shape index (κ3) is 3.42. The predicted molar refractivity (Wildman–Crippen MR) is 93.1 cm³/mol. The largest absolute Gasteiger partial charge is 0.508 e. The van der Waals surface area contributed by atoms with Gasteiger partial charge >= 0.3 is 0 Å². The second-order valence-electron chi connectivity index (χ2n) is 6.16. The average Bonchev–Trinajstić information content (AvgIpc) is 3.24. The molecule has 2 heterocycles. The van der Waals surface area contributed by atoms with Crippen molar-refractivity contribution in [2.75, 3.05) is 13.2 Å². The van der Waals surface area contributed by atoms with Crippen molar-refractivity contribution in [2.24, 2.45) is 0 Å². The summed E-state index contributed by atoms with van der Waals surface area (Å²) >= 11 is 0. The molecule has 0 saturated carbocycles. The molecule has 4 N–H and O–H groups in total. The third-order valence-electron chi connectivity index (χ3n) is 4.45. The second-order valence-corrected chi connectivity index (χ2v) is 6.16. The maximum atomic E-state index is 12.5. The first kappa shape index (κ1) is 18.0. The maximum Gasteiger partial charge on any atom is 0.289 e. The van der Waals surface area contributed by atoms with Crippen LogP contribution in [0.4, 0.5) is 0 Å². The van der Waals surface area contributed by atoms with Crippen LogP contribution in [0.15, 0.2) is 48.7 Å². The van der Waals surface area contributed by atoms with Crippen LogP contribution < -0.4 is 0 Å². The highest BCUT2D eigenvalue weighted by molar-refractivity contribution is 6.05. The summed E-state index contributed by atoms with van der Waals surface area (Å²) in [6.07, 6.45) is 4.50. The molecule has 1 aliphatic heterocycles. The number of hydrogen-bond donors (Lipinski definition) is 4. The van der Waals surface area contributed by atoms with Gasteiger partial charge in [-0.05, 0) is 24.1 Å². The number of aliphatic hydroxyl groups excluding tert-OH is 3. The number of carbonyl (C=O) groups is 1. The summed E-state index contributed by atoms with van der Waals surface area (Å²) in [4.78, 5) is 17.9. The second kappa shape index (κ2) is 7.59. The van der Waals surface area contributed by atoms with Crippen LogP contribution in [0, 0.1) is 0 Å². The number of phenolic OH excluding ortho intramolecular Hbond substituents is 1. The summed E-state index contributed by atoms with van der Waals surface area (Å²) in [6.45, 7) is 0.371. The number of phenols is 1. The van der Waals surface area contributed by atoms with Crippen LogP contribution >= 0.6 is 0 Å². The molecule has 1 aliphatic rings. The Morgan fingerprint density at radius 3 is 2.50 bits per heavy atom. The summed E-state index contributed by atoms with van der Waals surface area (Å²) in [5, 5.41) is 39.5. The third-order valence-corrected chi connectivity index (χ3v) is 4.45. The lowest BCUT2D eigenvalue weighted by molar-refractivity contribution is -0.131. The first-order valence-corrected chi connectivity index (χ1v) is 8.31. The number of imidazole rings is 1. The van der Waals surface area contributed by atoms with E-state index in [1.54, 1.807) is 24.7 Å². The lowest BCUT2D eigenvalue weighted by Crippen LogP contribution is -2.45. The van der Waals surface area contributed by atoms with Crippen molar-refractivity contribution in [2.45, 2.75) is 25.1 Å². The van der Waals surface area contributed by atoms with E-state index in [1.807, 2.05) is 10.8 Å². The summed E-state index contributed by atoms with van der Waals surface area (Å²) < 4.78 is 1.87. The molecule has 26 heavy (non-hydrogen) atoms. The number of aliphatic hydroxyl groups is 3. The highest BCUT2D eigenvalue weighted by Crippen LogP contribution is 2.35. The van der Waals surface area contributed by atoms with Gasteiger partial charge < -0.3 is 29.9 Å². The van der Waals surface area contributed by atoms with Crippen LogP contribution in [0.5, 0.6) is 5.75 Å². The number of amides is 1. The topological polar surface area (TPSA) is 119 Å². The molecule has 8 nitrogen and oxygen atoms in total. The van der Waals surface area contributed by atoms with E-state index in [9.17, 15) is 25.2 Å². The summed E-state index contributed by atoms with van der Waals surface area (Å²) in [5.74, 6) is -0.985. The fourth-order valence-electron chi connectivity index (χ4n) is 3.21. The van der Waals surface area contributed by atoms with Crippen molar-refractivity contribution < 1.29 is 25.2 Å². The molecule has 2 unspecified atom stereocenters. The fraction of sp³-hybridized carbons (Fsp3) is 0.333. The van der Waals surface area contributed by atoms with Gasteiger partial charge in [-0.2, -0.15) is 0 Å². The van der Waals surface area contributed by atoms with E-state index in [0.717, 1.165) is 0 Å². The molecule has 0 fully saturated rings. The number of aromatic nitrogens is 2. The van der Waals surface area contributed by atoms with E-state index in [-0.39, 0.29) is 11.3 Å². The SMILES string of the molecule is O=C1C(O)=C(c2ccc(O)cc2)C(C(O)CO)N1CCCn1ccnc1. The van der Waals surface area contributed by atoms with Gasteiger partial charge in [-0.3, -0.25) is 4.79 Å². The maximum absolute atomic E-state index is 12.5. The smallest absolute Gasteiger partial charge is 0.289 e. The average molecular weight is 359 g/mol. The summed E-state index contributed by atoms with van der Waals surface area (Å²) in [7, 11) is 0. The van der Waals surface area contributed by atoms with E-state index < -0.39 is 30.4 Å². The lowest BCUT2D eigenvalue weighted by atomic mass is 9.95. The quantitative estimate of drug-likeness (QED) is 0.572. The molecule has 2 aromatic rings. The molecule has 8 heteroatoms. The van der Waals surface area contributed by atoms with Gasteiger partial charge in [0.15, 0.2) is 5.76 Å². The molecule has 0 radical (unpaired) electrons. The minimum absolute atomic E-state index is 0.0506. The number of hydrogen-bond acceptors (Lipinski definition) is 6. The molecule has 3 rings (SSSR count). The van der Waals surface area contributed by atoms with Gasteiger partial charge in [0.25, 0.3) is 5.91 Å². The molecule has 1 amide bonds. The molecule has 2 atom stereocenters. The monoisotopic (exact) mass is 359 g/mol. The Morgan fingerprint density at radius 1 is 1.15 bits per heavy atom. The Morgan fingerprint density at radius 2 is 1.88 bits per heavy atom. The van der Waals surface area contributed by atoms with Crippen LogP contribution in [-0.2, 0) is 11.3 Å². The Hall–Kier alpha value is -2.84. The van der Waals surface area contributed by atoms with Gasteiger partial charge in [0.2, 0.25) is 0 Å². The van der Waals surface area contributed by atoms with Crippen molar-refractivity contribution in [1.82, 2.24) is 14.5 Å². The predicted octanol–water partition coefficient (Wildman–Crippen LogP) is 0.512. The van der Waals surface area contributed by atoms with E-state index in [4.69, 9.17) is 0 Å². The van der Waals surface area contributed by atoms with E-state index >= 15 is 0 Å². The lowest BCUT2D eigenvalue weighted by Gasteiger charge is -2.30. The first-order valence-electron chi connectivity index (χ1n) is 8.31. The van der Waals surface area contributed by atoms with Gasteiger partial charge in [-0.1, -0.05) is 12.1 Å². The number of rotatable bonds is 7. The molecule has 1 aromatic heterocycles. The zero-order valence-electron chi connectivity index (χ0n) is 14.1. The number of carbonyl (C=O) groups excluding carboxylic acids is 1. The van der Waals surface area contributed by atoms with Crippen LogP contribution in [-0.4, -0.2) is 66.1 Å². The van der Waals surface area contributed by atoms with E-state index in [2.05, 4.69) is 4.98 Å². The molecule has 1 aromatic carbocycles. The van der Waals surface area contributed by atoms with Gasteiger partial charge in [0, 0.05) is 31.1 Å². The number of aromatic hydroxyl groups is 1. The van der Waals surface area contributed by atoms with Crippen molar-refractivity contribution in [3.8, 4) is 5.75 Å². The molecule has 138 valence electrons. The zero-order chi connectivity index (χ0) is 18.7. The van der Waals surface area contributed by atoms with Gasteiger partial charge in [-0.25, -0.2) is 4.98 Å². The molecular weight excluding hydrogens is 338 g/mol. The van der Waals surface area contributed by atoms with E-state index in [1.165, 1.54) is 17.0 Å². The Kier molecular flexibility index (Phi) is 5.24. The molecule has 0 spiro atoms. The Balaban J connectivity index is 1.83. The normalized spacial score (nSPS) is 18.6. The zero-order valence-corrected chi connectivity index (χ0v) is 14.1. The van der Waals surface area contributed by atoms with Crippen molar-refractivity contribution in [1.29, 1.82) is 0 Å². The summed E-state index contributed by atoms with van der Waals surface area (Å²) in [6, 6.07) is 5.12. The van der Waals surface area contributed by atoms with Crippen LogP contribution in [0.25, 0.3) is 5.57 Å². The number of aryl methyl sites for hydroxylation is 1. The highest BCUT2D eigenvalue weighted by atomic mass is 16.3. The van der Waals surface area contributed by atoms with Gasteiger partial charge in [0.1, 0.15) is 11.9 Å². The van der Waals surface area contributed by atoms with Crippen LogP contribution in [0.3, 0.4) is 0 Å². The van der Waals surface area contributed by atoms with Crippen molar-refractivity contribution >= 4 is 11.5 Å². The molecule has 0 saturated heterocycles. The standard InChI is InChI=1S/C18H21N3O5/c22-10-14(24)16-15(12-2-4-13(23)5-3-12)17(25)18(26)21(16)8-1-7-20-9-6-19-11-20/h2-6,9,11,14,16,22-25H,1,7-8,10H2. The first-order chi connectivity index (χ1) is 12.5. The minimum atomic E-state index is -1.24.